The summed E-state index contributed by atoms with van der Waals surface area (Å²) in [7, 11) is 0. The molecule has 0 N–H and O–H groups in total. The number of hydrogen-bond acceptors (Lipinski definition) is 0. The third-order valence-electron chi connectivity index (χ3n) is 3.41. The van der Waals surface area contributed by atoms with Crippen LogP contribution in [0.5, 0.6) is 0 Å². The van der Waals surface area contributed by atoms with E-state index in [0.717, 1.165) is 0 Å². The van der Waals surface area contributed by atoms with E-state index in [-0.39, 0.29) is 29.6 Å². The van der Waals surface area contributed by atoms with Gasteiger partial charge in [0, 0.05) is 0 Å². The molecule has 0 unspecified atom stereocenters. The Bertz CT molecular complexity index is 256. The average Bonchev–Trinajstić information content (AvgIpc) is 2.38. The third kappa shape index (κ3) is 10.2. The Hall–Kier alpha value is 0.220. The summed E-state index contributed by atoms with van der Waals surface area (Å²) in [4.78, 5) is 0. The second-order valence-electron chi connectivity index (χ2n) is 5.06. The van der Waals surface area contributed by atoms with Crippen molar-refractivity contribution in [1.82, 2.24) is 0 Å². The van der Waals surface area contributed by atoms with Gasteiger partial charge in [-0.3, -0.25) is 0 Å². The fourth-order valence-electron chi connectivity index (χ4n) is 2.28. The van der Waals surface area contributed by atoms with Gasteiger partial charge in [0.15, 0.2) is 0 Å². The molecule has 1 rings (SSSR count). The molecule has 0 amide bonds. The second-order valence-corrected chi connectivity index (χ2v) is 5.06. The average molecular weight is 256 g/mol. The third-order valence-corrected chi connectivity index (χ3v) is 3.41. The fraction of sp³-hybridized carbons (Fsp3) is 0.647. The monoisotopic (exact) mass is 256 g/mol. The van der Waals surface area contributed by atoms with Crippen LogP contribution in [-0.4, -0.2) is 29.6 Å². The van der Waals surface area contributed by atoms with Crippen LogP contribution >= 0.6 is 0 Å². The standard InChI is InChI=1S/C17H28.Na.H/c1-2-3-4-5-6-7-8-9-11-14-17-15-12-10-13-16-17;;/h10,12-13,15-16H,2-9,11,14H2,1H3;;. The second kappa shape index (κ2) is 13.6. The minimum absolute atomic E-state index is 0. The summed E-state index contributed by atoms with van der Waals surface area (Å²) in [5.41, 5.74) is 1.50. The van der Waals surface area contributed by atoms with E-state index < -0.39 is 0 Å². The van der Waals surface area contributed by atoms with Crippen molar-refractivity contribution in [2.75, 3.05) is 0 Å². The van der Waals surface area contributed by atoms with Crippen molar-refractivity contribution in [1.29, 1.82) is 0 Å². The predicted molar refractivity (Wildman–Crippen MR) is 84.5 cm³/mol. The fourth-order valence-corrected chi connectivity index (χ4v) is 2.28. The Morgan fingerprint density at radius 3 is 1.72 bits per heavy atom. The SMILES string of the molecule is CCCCCCCCCCCc1ccccc1.[NaH]. The van der Waals surface area contributed by atoms with Crippen molar-refractivity contribution in [3.05, 3.63) is 35.9 Å². The van der Waals surface area contributed by atoms with Crippen LogP contribution in [0.1, 0.15) is 70.3 Å². The van der Waals surface area contributed by atoms with Gasteiger partial charge in [0.2, 0.25) is 0 Å². The minimum atomic E-state index is 0. The van der Waals surface area contributed by atoms with Crippen molar-refractivity contribution in [3.63, 3.8) is 0 Å². The zero-order valence-corrected chi connectivity index (χ0v) is 11.5. The summed E-state index contributed by atoms with van der Waals surface area (Å²) in [5.74, 6) is 0. The summed E-state index contributed by atoms with van der Waals surface area (Å²) in [6.07, 6.45) is 14.0. The first kappa shape index (κ1) is 18.2. The van der Waals surface area contributed by atoms with E-state index >= 15 is 0 Å². The molecule has 0 bridgehead atoms. The summed E-state index contributed by atoms with van der Waals surface area (Å²) < 4.78 is 0. The molecule has 0 aliphatic rings. The van der Waals surface area contributed by atoms with Crippen molar-refractivity contribution in [2.24, 2.45) is 0 Å². The van der Waals surface area contributed by atoms with Gasteiger partial charge in [0.25, 0.3) is 0 Å². The molecule has 0 aliphatic heterocycles. The molecule has 0 atom stereocenters. The molecule has 0 nitrogen and oxygen atoms in total. The number of benzene rings is 1. The summed E-state index contributed by atoms with van der Waals surface area (Å²) in [6.45, 7) is 2.28. The van der Waals surface area contributed by atoms with E-state index in [2.05, 4.69) is 37.3 Å². The van der Waals surface area contributed by atoms with Gasteiger partial charge in [-0.15, -0.1) is 0 Å². The molecular formula is C17H29Na. The molecule has 0 saturated heterocycles. The number of unbranched alkanes of at least 4 members (excludes halogenated alkanes) is 8. The van der Waals surface area contributed by atoms with Crippen LogP contribution in [0.3, 0.4) is 0 Å². The Balaban J connectivity index is 0.00000289. The maximum atomic E-state index is 2.28. The van der Waals surface area contributed by atoms with Crippen LogP contribution in [0.2, 0.25) is 0 Å². The van der Waals surface area contributed by atoms with E-state index in [0.29, 0.717) is 0 Å². The van der Waals surface area contributed by atoms with Crippen LogP contribution < -0.4 is 0 Å². The Labute approximate surface area is 136 Å². The van der Waals surface area contributed by atoms with Gasteiger partial charge in [-0.1, -0.05) is 88.6 Å². The molecule has 1 aromatic rings. The Kier molecular flexibility index (Phi) is 13.8. The van der Waals surface area contributed by atoms with E-state index in [4.69, 9.17) is 0 Å². The predicted octanol–water partition coefficient (Wildman–Crippen LogP) is 5.11. The van der Waals surface area contributed by atoms with E-state index in [1.807, 2.05) is 0 Å². The van der Waals surface area contributed by atoms with Crippen LogP contribution in [0, 0.1) is 0 Å². The first-order chi connectivity index (χ1) is 8.43. The topological polar surface area (TPSA) is 0 Å². The van der Waals surface area contributed by atoms with Gasteiger partial charge >= 0.3 is 29.6 Å². The molecule has 1 heteroatoms. The van der Waals surface area contributed by atoms with Crippen molar-refractivity contribution >= 4 is 29.6 Å². The molecule has 0 saturated carbocycles. The van der Waals surface area contributed by atoms with Gasteiger partial charge in [-0.05, 0) is 18.4 Å². The first-order valence-electron chi connectivity index (χ1n) is 7.47. The molecule has 98 valence electrons. The summed E-state index contributed by atoms with van der Waals surface area (Å²) in [5, 5.41) is 0. The Morgan fingerprint density at radius 1 is 0.667 bits per heavy atom. The van der Waals surface area contributed by atoms with Gasteiger partial charge in [0.05, 0.1) is 0 Å². The number of aryl methyl sites for hydroxylation is 1. The first-order valence-corrected chi connectivity index (χ1v) is 7.47. The van der Waals surface area contributed by atoms with Crippen LogP contribution in [0.4, 0.5) is 0 Å². The van der Waals surface area contributed by atoms with E-state index in [9.17, 15) is 0 Å². The van der Waals surface area contributed by atoms with Gasteiger partial charge in [-0.25, -0.2) is 0 Å². The van der Waals surface area contributed by atoms with Gasteiger partial charge in [0.1, 0.15) is 0 Å². The van der Waals surface area contributed by atoms with Crippen molar-refractivity contribution < 1.29 is 0 Å². The molecule has 18 heavy (non-hydrogen) atoms. The van der Waals surface area contributed by atoms with E-state index in [1.165, 1.54) is 69.8 Å². The molecule has 0 aliphatic carbocycles. The normalized spacial score (nSPS) is 10.1. The molecule has 0 fully saturated rings. The summed E-state index contributed by atoms with van der Waals surface area (Å²) >= 11 is 0. The molecule has 1 aromatic carbocycles. The Morgan fingerprint density at radius 2 is 1.17 bits per heavy atom. The van der Waals surface area contributed by atoms with Crippen LogP contribution in [0.15, 0.2) is 30.3 Å². The van der Waals surface area contributed by atoms with Crippen LogP contribution in [0.25, 0.3) is 0 Å². The maximum absolute atomic E-state index is 2.28. The van der Waals surface area contributed by atoms with E-state index in [1.54, 1.807) is 0 Å². The quantitative estimate of drug-likeness (QED) is 0.403. The molecule has 0 aromatic heterocycles. The number of rotatable bonds is 10. The van der Waals surface area contributed by atoms with Crippen molar-refractivity contribution in [2.45, 2.75) is 71.1 Å². The van der Waals surface area contributed by atoms with Gasteiger partial charge < -0.3 is 0 Å². The van der Waals surface area contributed by atoms with Crippen molar-refractivity contribution in [3.8, 4) is 0 Å². The molecule has 0 spiro atoms. The summed E-state index contributed by atoms with van der Waals surface area (Å²) in [6, 6.07) is 10.9. The number of hydrogen-bond donors (Lipinski definition) is 0. The molecular weight excluding hydrogens is 227 g/mol. The molecule has 0 radical (unpaired) electrons. The molecule has 0 heterocycles. The zero-order chi connectivity index (χ0) is 12.2. The van der Waals surface area contributed by atoms with Gasteiger partial charge in [-0.2, -0.15) is 0 Å². The van der Waals surface area contributed by atoms with Crippen LogP contribution in [-0.2, 0) is 6.42 Å². The zero-order valence-electron chi connectivity index (χ0n) is 11.5.